The van der Waals surface area contributed by atoms with E-state index in [1.165, 1.54) is 30.4 Å². The number of nitrogens with zero attached hydrogens (tertiary/aromatic N) is 3. The van der Waals surface area contributed by atoms with Gasteiger partial charge in [-0.2, -0.15) is 5.26 Å². The molecule has 4 bridgehead atoms. The number of hydrogen-bond acceptors (Lipinski definition) is 4. The summed E-state index contributed by atoms with van der Waals surface area (Å²) in [5, 5.41) is 9.22. The molecule has 31 heavy (non-hydrogen) atoms. The van der Waals surface area contributed by atoms with Crippen LogP contribution in [0.2, 0.25) is 0 Å². The number of piperazine rings is 1. The third-order valence-corrected chi connectivity index (χ3v) is 8.22. The number of carbonyl (C=O) groups excluding carboxylic acids is 2. The summed E-state index contributed by atoms with van der Waals surface area (Å²) in [6.45, 7) is 3.85. The molecule has 4 aliphatic carbocycles. The summed E-state index contributed by atoms with van der Waals surface area (Å²) in [7, 11) is 0. The SMILES string of the molecule is N#CCCN(C(=O)C[NH+]1CCN(C(=O)c2ccco2)CC1)C12CC3CC(CC(C3)C1)C2. The predicted octanol–water partition coefficient (Wildman–Crippen LogP) is 1.33. The normalized spacial score (nSPS) is 32.1. The number of furan rings is 1. The fourth-order valence-electron chi connectivity index (χ4n) is 7.25. The quantitative estimate of drug-likeness (QED) is 0.746. The first-order chi connectivity index (χ1) is 15.1. The predicted molar refractivity (Wildman–Crippen MR) is 113 cm³/mol. The Hall–Kier alpha value is -2.33. The summed E-state index contributed by atoms with van der Waals surface area (Å²) in [4.78, 5) is 31.2. The van der Waals surface area contributed by atoms with E-state index in [0.717, 1.165) is 50.1 Å². The molecule has 7 nitrogen and oxygen atoms in total. The molecule has 0 radical (unpaired) electrons. The molecule has 0 unspecified atom stereocenters. The van der Waals surface area contributed by atoms with E-state index in [1.807, 2.05) is 4.90 Å². The molecule has 2 heterocycles. The number of nitrogens with one attached hydrogen (secondary N) is 1. The van der Waals surface area contributed by atoms with E-state index in [2.05, 4.69) is 11.0 Å². The average molecular weight is 426 g/mol. The number of hydrogen-bond donors (Lipinski definition) is 1. The molecule has 6 rings (SSSR count). The van der Waals surface area contributed by atoms with E-state index in [0.29, 0.717) is 38.4 Å². The van der Waals surface area contributed by atoms with Gasteiger partial charge in [-0.05, 0) is 68.4 Å². The number of rotatable bonds is 6. The van der Waals surface area contributed by atoms with Gasteiger partial charge in [0.05, 0.1) is 44.9 Å². The van der Waals surface area contributed by atoms with Crippen LogP contribution in [0.1, 0.15) is 55.5 Å². The van der Waals surface area contributed by atoms with Crippen LogP contribution in [0.15, 0.2) is 22.8 Å². The van der Waals surface area contributed by atoms with Crippen molar-refractivity contribution in [2.24, 2.45) is 17.8 Å². The molecule has 0 aromatic carbocycles. The van der Waals surface area contributed by atoms with Crippen LogP contribution in [-0.4, -0.2) is 66.4 Å². The van der Waals surface area contributed by atoms with Gasteiger partial charge in [-0.1, -0.05) is 0 Å². The topological polar surface area (TPSA) is 82.0 Å². The molecular formula is C24H33N4O3+. The molecule has 7 heteroatoms. The van der Waals surface area contributed by atoms with E-state index >= 15 is 0 Å². The summed E-state index contributed by atoms with van der Waals surface area (Å²) >= 11 is 0. The number of carbonyl (C=O) groups is 2. The van der Waals surface area contributed by atoms with Crippen molar-refractivity contribution in [3.05, 3.63) is 24.2 Å². The monoisotopic (exact) mass is 425 g/mol. The lowest BCUT2D eigenvalue weighted by molar-refractivity contribution is -0.896. The minimum Gasteiger partial charge on any atom is -0.459 e. The maximum Gasteiger partial charge on any atom is 0.289 e. The second kappa shape index (κ2) is 8.31. The van der Waals surface area contributed by atoms with E-state index < -0.39 is 0 Å². The minimum absolute atomic E-state index is 0.000795. The summed E-state index contributed by atoms with van der Waals surface area (Å²) in [5.41, 5.74) is -0.000795. The largest absolute Gasteiger partial charge is 0.459 e. The number of amides is 2. The first-order valence-electron chi connectivity index (χ1n) is 11.9. The van der Waals surface area contributed by atoms with Crippen LogP contribution in [0.25, 0.3) is 0 Å². The zero-order valence-electron chi connectivity index (χ0n) is 18.2. The lowest BCUT2D eigenvalue weighted by Gasteiger charge is -2.60. The Bertz CT molecular complexity index is 815. The Morgan fingerprint density at radius 1 is 1.16 bits per heavy atom. The summed E-state index contributed by atoms with van der Waals surface area (Å²) in [5.74, 6) is 2.83. The summed E-state index contributed by atoms with van der Waals surface area (Å²) in [6.07, 6.45) is 9.37. The van der Waals surface area contributed by atoms with Crippen molar-refractivity contribution in [2.75, 3.05) is 39.3 Å². The number of nitriles is 1. The van der Waals surface area contributed by atoms with Crippen molar-refractivity contribution in [3.8, 4) is 6.07 Å². The van der Waals surface area contributed by atoms with Crippen LogP contribution < -0.4 is 4.90 Å². The molecule has 1 aromatic rings. The van der Waals surface area contributed by atoms with Crippen LogP contribution in [0.4, 0.5) is 0 Å². The zero-order chi connectivity index (χ0) is 21.4. The standard InChI is InChI=1S/C24H32N4O3/c25-4-2-5-28(24-14-18-11-19(15-24)13-20(12-18)16-24)22(29)17-26-6-8-27(9-7-26)23(30)21-3-1-10-31-21/h1,3,10,18-20H,2,5-9,11-17H2/p+1. The summed E-state index contributed by atoms with van der Waals surface area (Å²) in [6, 6.07) is 5.69. The van der Waals surface area contributed by atoms with Gasteiger partial charge in [0, 0.05) is 12.1 Å². The maximum atomic E-state index is 13.5. The molecule has 5 aliphatic rings. The lowest BCUT2D eigenvalue weighted by Crippen LogP contribution is -3.16. The molecule has 2 amide bonds. The highest BCUT2D eigenvalue weighted by Crippen LogP contribution is 2.57. The molecular weight excluding hydrogens is 392 g/mol. The van der Waals surface area contributed by atoms with Gasteiger partial charge in [0.15, 0.2) is 12.3 Å². The molecule has 1 aliphatic heterocycles. The van der Waals surface area contributed by atoms with Gasteiger partial charge >= 0.3 is 0 Å². The van der Waals surface area contributed by atoms with Crippen LogP contribution in [-0.2, 0) is 4.79 Å². The van der Waals surface area contributed by atoms with Gasteiger partial charge < -0.3 is 19.1 Å². The van der Waals surface area contributed by atoms with Gasteiger partial charge in [0.25, 0.3) is 11.8 Å². The van der Waals surface area contributed by atoms with Crippen molar-refractivity contribution in [3.63, 3.8) is 0 Å². The highest BCUT2D eigenvalue weighted by atomic mass is 16.3. The van der Waals surface area contributed by atoms with Crippen molar-refractivity contribution in [2.45, 2.75) is 50.5 Å². The lowest BCUT2D eigenvalue weighted by atomic mass is 9.52. The molecule has 0 atom stereocenters. The Labute approximate surface area is 183 Å². The zero-order valence-corrected chi connectivity index (χ0v) is 18.2. The molecule has 166 valence electrons. The second-order valence-corrected chi connectivity index (χ2v) is 10.3. The van der Waals surface area contributed by atoms with Crippen LogP contribution >= 0.6 is 0 Å². The Balaban J connectivity index is 1.22. The van der Waals surface area contributed by atoms with Crippen LogP contribution in [0, 0.1) is 29.1 Å². The molecule has 5 fully saturated rings. The van der Waals surface area contributed by atoms with Crippen molar-refractivity contribution < 1.29 is 18.9 Å². The van der Waals surface area contributed by atoms with Gasteiger partial charge in [-0.15, -0.1) is 0 Å². The summed E-state index contributed by atoms with van der Waals surface area (Å²) < 4.78 is 5.24. The molecule has 1 saturated heterocycles. The smallest absolute Gasteiger partial charge is 0.289 e. The van der Waals surface area contributed by atoms with E-state index in [-0.39, 0.29) is 17.4 Å². The fourth-order valence-corrected chi connectivity index (χ4v) is 7.25. The van der Waals surface area contributed by atoms with Crippen molar-refractivity contribution >= 4 is 11.8 Å². The Morgan fingerprint density at radius 3 is 2.35 bits per heavy atom. The van der Waals surface area contributed by atoms with Gasteiger partial charge in [-0.25, -0.2) is 0 Å². The minimum atomic E-state index is -0.0698. The molecule has 4 saturated carbocycles. The highest BCUT2D eigenvalue weighted by Gasteiger charge is 2.54. The molecule has 1 aromatic heterocycles. The van der Waals surface area contributed by atoms with Crippen LogP contribution in [0.5, 0.6) is 0 Å². The van der Waals surface area contributed by atoms with E-state index in [4.69, 9.17) is 4.42 Å². The number of quaternary nitrogens is 1. The van der Waals surface area contributed by atoms with E-state index in [1.54, 1.807) is 12.1 Å². The van der Waals surface area contributed by atoms with Gasteiger partial charge in [0.1, 0.15) is 0 Å². The first kappa shape index (κ1) is 20.6. The van der Waals surface area contributed by atoms with Gasteiger partial charge in [-0.3, -0.25) is 9.59 Å². The third-order valence-electron chi connectivity index (χ3n) is 8.22. The van der Waals surface area contributed by atoms with E-state index in [9.17, 15) is 14.9 Å². The highest BCUT2D eigenvalue weighted by molar-refractivity contribution is 5.91. The Morgan fingerprint density at radius 2 is 1.81 bits per heavy atom. The third kappa shape index (κ3) is 3.98. The Kier molecular flexibility index (Phi) is 5.51. The van der Waals surface area contributed by atoms with Crippen molar-refractivity contribution in [1.29, 1.82) is 5.26 Å². The molecule has 0 spiro atoms. The van der Waals surface area contributed by atoms with Crippen molar-refractivity contribution in [1.82, 2.24) is 9.80 Å². The van der Waals surface area contributed by atoms with Crippen LogP contribution in [0.3, 0.4) is 0 Å². The second-order valence-electron chi connectivity index (χ2n) is 10.3. The molecule has 1 N–H and O–H groups in total. The maximum absolute atomic E-state index is 13.5. The first-order valence-corrected chi connectivity index (χ1v) is 11.9. The fraction of sp³-hybridized carbons (Fsp3) is 0.708. The average Bonchev–Trinajstić information content (AvgIpc) is 3.28. The van der Waals surface area contributed by atoms with Gasteiger partial charge in [0.2, 0.25) is 0 Å².